The van der Waals surface area contributed by atoms with Crippen molar-refractivity contribution in [2.24, 2.45) is 5.73 Å². The zero-order chi connectivity index (χ0) is 23.0. The first-order valence-corrected chi connectivity index (χ1v) is 13.9. The Labute approximate surface area is 195 Å². The largest absolute Gasteiger partial charge is 0.388 e. The number of nitrogens with two attached hydrogens (primary N) is 1. The summed E-state index contributed by atoms with van der Waals surface area (Å²) in [6.07, 6.45) is 27.5. The van der Waals surface area contributed by atoms with Crippen LogP contribution in [0.3, 0.4) is 0 Å². The van der Waals surface area contributed by atoms with Gasteiger partial charge >= 0.3 is 0 Å². The van der Waals surface area contributed by atoms with Gasteiger partial charge in [0.15, 0.2) is 0 Å². The van der Waals surface area contributed by atoms with Gasteiger partial charge in [0.1, 0.15) is 0 Å². The molecule has 0 aromatic carbocycles. The predicted molar refractivity (Wildman–Crippen MR) is 138 cm³/mol. The van der Waals surface area contributed by atoms with Crippen LogP contribution in [0.2, 0.25) is 0 Å². The van der Waals surface area contributed by atoms with Gasteiger partial charge in [-0.1, -0.05) is 129 Å². The fourth-order valence-corrected chi connectivity index (χ4v) is 4.28. The van der Waals surface area contributed by atoms with Crippen molar-refractivity contribution in [3.05, 3.63) is 11.3 Å². The molecule has 0 radical (unpaired) electrons. The maximum atomic E-state index is 11.9. The summed E-state index contributed by atoms with van der Waals surface area (Å²) in [5, 5.41) is 3.45. The Morgan fingerprint density at radius 3 is 1.32 bits per heavy atom. The quantitative estimate of drug-likeness (QED) is 0.118. The third-order valence-corrected chi connectivity index (χ3v) is 6.45. The summed E-state index contributed by atoms with van der Waals surface area (Å²) in [4.78, 5) is 11.9. The van der Waals surface area contributed by atoms with Crippen LogP contribution in [0.25, 0.3) is 0 Å². The van der Waals surface area contributed by atoms with Gasteiger partial charge in [-0.2, -0.15) is 0 Å². The second kappa shape index (κ2) is 23.7. The van der Waals surface area contributed by atoms with E-state index in [0.717, 1.165) is 30.7 Å². The second-order valence-corrected chi connectivity index (χ2v) is 9.51. The van der Waals surface area contributed by atoms with Crippen molar-refractivity contribution in [3.63, 3.8) is 0 Å². The first-order chi connectivity index (χ1) is 15.1. The molecule has 1 amide bonds. The van der Waals surface area contributed by atoms with Gasteiger partial charge < -0.3 is 11.1 Å². The first-order valence-electron chi connectivity index (χ1n) is 13.9. The number of amides is 1. The molecule has 0 rings (SSSR count). The number of carbonyl (C=O) groups excluding carboxylic acids is 1. The summed E-state index contributed by atoms with van der Waals surface area (Å²) in [6, 6.07) is 0. The standard InChI is InChI=1S/C28H56N2O/c1-4-6-8-10-12-14-16-18-20-22-24-27(28(29)31)26(3)30-25-23-21-19-17-15-13-11-9-7-5-2/h30H,4-25H2,1-3H3,(H2,29,31). The van der Waals surface area contributed by atoms with Crippen molar-refractivity contribution in [1.29, 1.82) is 0 Å². The van der Waals surface area contributed by atoms with E-state index in [-0.39, 0.29) is 5.91 Å². The molecule has 0 aromatic heterocycles. The Bertz CT molecular complexity index is 431. The Morgan fingerprint density at radius 2 is 0.935 bits per heavy atom. The molecule has 0 unspecified atom stereocenters. The van der Waals surface area contributed by atoms with Crippen molar-refractivity contribution < 1.29 is 4.79 Å². The normalized spacial score (nSPS) is 12.1. The Hall–Kier alpha value is -0.990. The SMILES string of the molecule is CCCCCCCCCCCCNC(C)=C(CCCCCCCCCCCC)C(N)=O. The van der Waals surface area contributed by atoms with Gasteiger partial charge in [-0.25, -0.2) is 0 Å². The monoisotopic (exact) mass is 436 g/mol. The lowest BCUT2D eigenvalue weighted by Gasteiger charge is -2.12. The summed E-state index contributed by atoms with van der Waals surface area (Å²) in [5.74, 6) is -0.246. The Kier molecular flexibility index (Phi) is 22.9. The summed E-state index contributed by atoms with van der Waals surface area (Å²) in [5.41, 5.74) is 7.46. The van der Waals surface area contributed by atoms with E-state index in [0.29, 0.717) is 0 Å². The summed E-state index contributed by atoms with van der Waals surface area (Å²) < 4.78 is 0. The van der Waals surface area contributed by atoms with Crippen LogP contribution in [0, 0.1) is 0 Å². The van der Waals surface area contributed by atoms with Gasteiger partial charge in [-0.3, -0.25) is 4.79 Å². The van der Waals surface area contributed by atoms with Crippen LogP contribution in [0.1, 0.15) is 156 Å². The highest BCUT2D eigenvalue weighted by atomic mass is 16.1. The maximum absolute atomic E-state index is 11.9. The highest BCUT2D eigenvalue weighted by Crippen LogP contribution is 2.16. The molecular formula is C28H56N2O. The number of allylic oxidation sites excluding steroid dienone is 1. The maximum Gasteiger partial charge on any atom is 0.246 e. The van der Waals surface area contributed by atoms with Gasteiger partial charge in [0.05, 0.1) is 0 Å². The van der Waals surface area contributed by atoms with E-state index in [2.05, 4.69) is 19.2 Å². The van der Waals surface area contributed by atoms with E-state index in [1.165, 1.54) is 122 Å². The number of primary amides is 1. The molecule has 0 heterocycles. The minimum absolute atomic E-state index is 0.246. The molecule has 184 valence electrons. The fourth-order valence-electron chi connectivity index (χ4n) is 4.28. The lowest BCUT2D eigenvalue weighted by Crippen LogP contribution is -2.22. The van der Waals surface area contributed by atoms with Crippen LogP contribution >= 0.6 is 0 Å². The summed E-state index contributed by atoms with van der Waals surface area (Å²) in [6.45, 7) is 7.52. The predicted octanol–water partition coefficient (Wildman–Crippen LogP) is 8.57. The van der Waals surface area contributed by atoms with Crippen molar-refractivity contribution in [3.8, 4) is 0 Å². The molecule has 3 heteroatoms. The molecule has 0 saturated carbocycles. The van der Waals surface area contributed by atoms with Crippen molar-refractivity contribution in [2.75, 3.05) is 6.54 Å². The molecule has 0 aliphatic heterocycles. The zero-order valence-corrected chi connectivity index (χ0v) is 21.5. The molecular weight excluding hydrogens is 380 g/mol. The highest BCUT2D eigenvalue weighted by Gasteiger charge is 2.09. The topological polar surface area (TPSA) is 55.1 Å². The van der Waals surface area contributed by atoms with Gasteiger partial charge in [-0.05, 0) is 26.2 Å². The third-order valence-electron chi connectivity index (χ3n) is 6.45. The van der Waals surface area contributed by atoms with E-state index in [9.17, 15) is 4.79 Å². The van der Waals surface area contributed by atoms with E-state index >= 15 is 0 Å². The van der Waals surface area contributed by atoms with E-state index in [1.807, 2.05) is 6.92 Å². The van der Waals surface area contributed by atoms with Crippen LogP contribution in [0.4, 0.5) is 0 Å². The van der Waals surface area contributed by atoms with Crippen LogP contribution in [0.5, 0.6) is 0 Å². The Balaban J connectivity index is 3.74. The molecule has 0 fully saturated rings. The summed E-state index contributed by atoms with van der Waals surface area (Å²) >= 11 is 0. The number of nitrogens with one attached hydrogen (secondary N) is 1. The average molecular weight is 437 g/mol. The third kappa shape index (κ3) is 20.7. The van der Waals surface area contributed by atoms with E-state index in [1.54, 1.807) is 0 Å². The zero-order valence-electron chi connectivity index (χ0n) is 21.5. The second-order valence-electron chi connectivity index (χ2n) is 9.51. The van der Waals surface area contributed by atoms with Crippen LogP contribution in [-0.2, 0) is 4.79 Å². The minimum atomic E-state index is -0.246. The number of hydrogen-bond donors (Lipinski definition) is 2. The molecule has 0 spiro atoms. The number of carbonyl (C=O) groups is 1. The van der Waals surface area contributed by atoms with E-state index in [4.69, 9.17) is 5.73 Å². The smallest absolute Gasteiger partial charge is 0.246 e. The van der Waals surface area contributed by atoms with E-state index < -0.39 is 0 Å². The molecule has 0 aliphatic rings. The molecule has 3 nitrogen and oxygen atoms in total. The van der Waals surface area contributed by atoms with Gasteiger partial charge in [0.2, 0.25) is 5.91 Å². The van der Waals surface area contributed by atoms with Crippen molar-refractivity contribution >= 4 is 5.91 Å². The molecule has 0 aromatic rings. The molecule has 31 heavy (non-hydrogen) atoms. The average Bonchev–Trinajstić information content (AvgIpc) is 2.75. The van der Waals surface area contributed by atoms with Crippen molar-refractivity contribution in [2.45, 2.75) is 156 Å². The molecule has 0 bridgehead atoms. The molecule has 0 saturated heterocycles. The van der Waals surface area contributed by atoms with Gasteiger partial charge in [0.25, 0.3) is 0 Å². The molecule has 0 aliphatic carbocycles. The number of hydrogen-bond acceptors (Lipinski definition) is 2. The van der Waals surface area contributed by atoms with Gasteiger partial charge in [0, 0.05) is 17.8 Å². The van der Waals surface area contributed by atoms with Crippen molar-refractivity contribution in [1.82, 2.24) is 5.32 Å². The first kappa shape index (κ1) is 30.0. The molecule has 0 atom stereocenters. The van der Waals surface area contributed by atoms with Crippen LogP contribution in [0.15, 0.2) is 11.3 Å². The molecule has 3 N–H and O–H groups in total. The Morgan fingerprint density at radius 1 is 0.581 bits per heavy atom. The lowest BCUT2D eigenvalue weighted by atomic mass is 10.0. The minimum Gasteiger partial charge on any atom is -0.388 e. The highest BCUT2D eigenvalue weighted by molar-refractivity contribution is 5.92. The van der Waals surface area contributed by atoms with Crippen LogP contribution < -0.4 is 11.1 Å². The summed E-state index contributed by atoms with van der Waals surface area (Å²) in [7, 11) is 0. The van der Waals surface area contributed by atoms with Crippen LogP contribution in [-0.4, -0.2) is 12.5 Å². The van der Waals surface area contributed by atoms with Gasteiger partial charge in [-0.15, -0.1) is 0 Å². The fraction of sp³-hybridized carbons (Fsp3) is 0.893. The number of rotatable bonds is 24. The number of unbranched alkanes of at least 4 members (excludes halogenated alkanes) is 18. The lowest BCUT2D eigenvalue weighted by molar-refractivity contribution is -0.114.